The smallest absolute Gasteiger partial charge is 0.180 e. The maximum absolute atomic E-state index is 9.35. The highest BCUT2D eigenvalue weighted by Crippen LogP contribution is 2.38. The first-order chi connectivity index (χ1) is 13.5. The van der Waals surface area contributed by atoms with E-state index in [0.29, 0.717) is 38.7 Å². The predicted molar refractivity (Wildman–Crippen MR) is 114 cm³/mol. The van der Waals surface area contributed by atoms with Gasteiger partial charge in [-0.25, -0.2) is 0 Å². The summed E-state index contributed by atoms with van der Waals surface area (Å²) in [5.41, 5.74) is 2.47. The number of rotatable bonds is 7. The van der Waals surface area contributed by atoms with Crippen LogP contribution < -0.4 is 14.8 Å². The van der Waals surface area contributed by atoms with Gasteiger partial charge in [0.1, 0.15) is 12.4 Å². The monoisotopic (exact) mass is 437 g/mol. The number of hydrogen-bond acceptors (Lipinski definition) is 4. The Morgan fingerprint density at radius 2 is 1.61 bits per heavy atom. The zero-order valence-corrected chi connectivity index (χ0v) is 17.3. The fraction of sp³-hybridized carbons (Fsp3) is 0.143. The molecule has 7 heteroatoms. The molecule has 3 aromatic carbocycles. The number of aromatic hydroxyl groups is 1. The first-order valence-corrected chi connectivity index (χ1v) is 9.56. The standard InChI is InChI=1S/C21H18Cl3NO3/c1-27-20-10-13(11-25-14-5-7-15(26)8-6-14)9-19(24)21(20)28-12-16-17(22)3-2-4-18(16)23/h2-10,25-26H,11-12H2,1H3. The van der Waals surface area contributed by atoms with E-state index in [1.807, 2.05) is 6.07 Å². The van der Waals surface area contributed by atoms with Crippen molar-refractivity contribution in [3.05, 3.63) is 80.8 Å². The predicted octanol–water partition coefficient (Wildman–Crippen LogP) is 6.55. The summed E-state index contributed by atoms with van der Waals surface area (Å²) in [5.74, 6) is 1.15. The van der Waals surface area contributed by atoms with Crippen LogP contribution in [0.1, 0.15) is 11.1 Å². The SMILES string of the molecule is COc1cc(CNc2ccc(O)cc2)cc(Cl)c1OCc1c(Cl)cccc1Cl. The quantitative estimate of drug-likeness (QED) is 0.411. The fourth-order valence-corrected chi connectivity index (χ4v) is 3.41. The summed E-state index contributed by atoms with van der Waals surface area (Å²) in [6.45, 7) is 0.692. The molecule has 0 atom stereocenters. The molecule has 0 heterocycles. The molecule has 0 radical (unpaired) electrons. The summed E-state index contributed by atoms with van der Waals surface area (Å²) in [7, 11) is 1.55. The molecular formula is C21H18Cl3NO3. The van der Waals surface area contributed by atoms with Gasteiger partial charge in [0.2, 0.25) is 0 Å². The summed E-state index contributed by atoms with van der Waals surface area (Å²) >= 11 is 18.8. The Labute approximate surface area is 178 Å². The molecule has 3 aromatic rings. The molecule has 0 unspecified atom stereocenters. The van der Waals surface area contributed by atoms with Crippen molar-refractivity contribution in [2.75, 3.05) is 12.4 Å². The van der Waals surface area contributed by atoms with Crippen LogP contribution >= 0.6 is 34.8 Å². The second-order valence-electron chi connectivity index (χ2n) is 6.00. The lowest BCUT2D eigenvalue weighted by molar-refractivity contribution is 0.284. The molecule has 0 aliphatic heterocycles. The number of ether oxygens (including phenoxy) is 2. The van der Waals surface area contributed by atoms with E-state index >= 15 is 0 Å². The average molecular weight is 439 g/mol. The first-order valence-electron chi connectivity index (χ1n) is 8.43. The third kappa shape index (κ3) is 4.96. The molecule has 0 saturated heterocycles. The lowest BCUT2D eigenvalue weighted by Gasteiger charge is -2.16. The number of halogens is 3. The lowest BCUT2D eigenvalue weighted by Crippen LogP contribution is -2.03. The van der Waals surface area contributed by atoms with Gasteiger partial charge < -0.3 is 19.9 Å². The van der Waals surface area contributed by atoms with Gasteiger partial charge in [0.05, 0.1) is 12.1 Å². The van der Waals surface area contributed by atoms with Crippen molar-refractivity contribution in [1.29, 1.82) is 0 Å². The van der Waals surface area contributed by atoms with Crippen molar-refractivity contribution >= 4 is 40.5 Å². The minimum Gasteiger partial charge on any atom is -0.508 e. The topological polar surface area (TPSA) is 50.7 Å². The second-order valence-corrected chi connectivity index (χ2v) is 7.22. The zero-order valence-electron chi connectivity index (χ0n) is 15.0. The molecule has 3 rings (SSSR count). The number of methoxy groups -OCH3 is 1. The number of hydrogen-bond donors (Lipinski definition) is 2. The van der Waals surface area contributed by atoms with Crippen LogP contribution in [0.15, 0.2) is 54.6 Å². The van der Waals surface area contributed by atoms with Crippen molar-refractivity contribution in [3.8, 4) is 17.2 Å². The Bertz CT molecular complexity index is 942. The van der Waals surface area contributed by atoms with E-state index in [9.17, 15) is 5.11 Å². The summed E-state index contributed by atoms with van der Waals surface area (Å²) < 4.78 is 11.3. The average Bonchev–Trinajstić information content (AvgIpc) is 2.68. The Kier molecular flexibility index (Phi) is 6.79. The Morgan fingerprint density at radius 3 is 2.25 bits per heavy atom. The zero-order chi connectivity index (χ0) is 20.1. The van der Waals surface area contributed by atoms with Crippen molar-refractivity contribution < 1.29 is 14.6 Å². The number of nitrogens with one attached hydrogen (secondary N) is 1. The van der Waals surface area contributed by atoms with Gasteiger partial charge in [-0.3, -0.25) is 0 Å². The van der Waals surface area contributed by atoms with Gasteiger partial charge in [0.25, 0.3) is 0 Å². The number of phenolic OH excluding ortho intramolecular Hbond substituents is 1. The summed E-state index contributed by atoms with van der Waals surface area (Å²) in [5, 5.41) is 14.1. The largest absolute Gasteiger partial charge is 0.508 e. The van der Waals surface area contributed by atoms with Crippen LogP contribution in [0.25, 0.3) is 0 Å². The van der Waals surface area contributed by atoms with Crippen LogP contribution in [0.3, 0.4) is 0 Å². The molecule has 0 amide bonds. The van der Waals surface area contributed by atoms with Gasteiger partial charge in [0.15, 0.2) is 11.5 Å². The minimum atomic E-state index is 0.166. The van der Waals surface area contributed by atoms with Crippen LogP contribution in [-0.2, 0) is 13.2 Å². The molecular weight excluding hydrogens is 421 g/mol. The maximum Gasteiger partial charge on any atom is 0.180 e. The number of benzene rings is 3. The van der Waals surface area contributed by atoms with E-state index < -0.39 is 0 Å². The number of anilines is 1. The van der Waals surface area contributed by atoms with E-state index in [1.165, 1.54) is 0 Å². The number of phenols is 1. The Morgan fingerprint density at radius 1 is 0.929 bits per heavy atom. The molecule has 0 aliphatic carbocycles. The van der Waals surface area contributed by atoms with Crippen molar-refractivity contribution in [1.82, 2.24) is 0 Å². The van der Waals surface area contributed by atoms with Crippen LogP contribution in [0.4, 0.5) is 5.69 Å². The van der Waals surface area contributed by atoms with E-state index in [0.717, 1.165) is 11.3 Å². The first kappa shape index (κ1) is 20.5. The van der Waals surface area contributed by atoms with Gasteiger partial charge in [-0.15, -0.1) is 0 Å². The summed E-state index contributed by atoms with van der Waals surface area (Å²) in [4.78, 5) is 0. The highest BCUT2D eigenvalue weighted by atomic mass is 35.5. The van der Waals surface area contributed by atoms with E-state index in [-0.39, 0.29) is 12.4 Å². The Hall–Kier alpha value is -2.27. The molecule has 0 fully saturated rings. The molecule has 2 N–H and O–H groups in total. The summed E-state index contributed by atoms with van der Waals surface area (Å²) in [6, 6.07) is 15.8. The molecule has 0 aromatic heterocycles. The minimum absolute atomic E-state index is 0.166. The van der Waals surface area contributed by atoms with Gasteiger partial charge in [-0.1, -0.05) is 40.9 Å². The van der Waals surface area contributed by atoms with Gasteiger partial charge in [-0.2, -0.15) is 0 Å². The lowest BCUT2D eigenvalue weighted by atomic mass is 10.2. The summed E-state index contributed by atoms with van der Waals surface area (Å²) in [6.07, 6.45) is 0. The molecule has 0 spiro atoms. The molecule has 146 valence electrons. The van der Waals surface area contributed by atoms with E-state index in [4.69, 9.17) is 44.3 Å². The van der Waals surface area contributed by atoms with Crippen molar-refractivity contribution in [2.24, 2.45) is 0 Å². The van der Waals surface area contributed by atoms with Crippen molar-refractivity contribution in [3.63, 3.8) is 0 Å². The van der Waals surface area contributed by atoms with Crippen LogP contribution in [0.5, 0.6) is 17.2 Å². The van der Waals surface area contributed by atoms with Gasteiger partial charge >= 0.3 is 0 Å². The third-order valence-electron chi connectivity index (χ3n) is 4.08. The molecule has 0 bridgehead atoms. The van der Waals surface area contributed by atoms with Gasteiger partial charge in [-0.05, 0) is 54.1 Å². The molecule has 28 heavy (non-hydrogen) atoms. The van der Waals surface area contributed by atoms with E-state index in [2.05, 4.69) is 5.32 Å². The Balaban J connectivity index is 1.74. The van der Waals surface area contributed by atoms with Crippen LogP contribution in [0.2, 0.25) is 15.1 Å². The molecule has 0 saturated carbocycles. The molecule has 0 aliphatic rings. The fourth-order valence-electron chi connectivity index (χ4n) is 2.61. The van der Waals surface area contributed by atoms with Crippen LogP contribution in [-0.4, -0.2) is 12.2 Å². The van der Waals surface area contributed by atoms with E-state index in [1.54, 1.807) is 55.6 Å². The highest BCUT2D eigenvalue weighted by Gasteiger charge is 2.14. The normalized spacial score (nSPS) is 10.6. The molecule has 4 nitrogen and oxygen atoms in total. The van der Waals surface area contributed by atoms with Crippen LogP contribution in [0, 0.1) is 0 Å². The van der Waals surface area contributed by atoms with Gasteiger partial charge in [0, 0.05) is 27.8 Å². The third-order valence-corrected chi connectivity index (χ3v) is 5.06. The second kappa shape index (κ2) is 9.28. The maximum atomic E-state index is 9.35. The highest BCUT2D eigenvalue weighted by molar-refractivity contribution is 6.36. The van der Waals surface area contributed by atoms with Crippen molar-refractivity contribution in [2.45, 2.75) is 13.2 Å².